The summed E-state index contributed by atoms with van der Waals surface area (Å²) in [6.45, 7) is 2.68. The van der Waals surface area contributed by atoms with Crippen molar-refractivity contribution in [3.05, 3.63) is 41.8 Å². The minimum atomic E-state index is -0.337. The number of hydrogen-bond donors (Lipinski definition) is 2. The van der Waals surface area contributed by atoms with Gasteiger partial charge in [0.2, 0.25) is 5.76 Å². The van der Waals surface area contributed by atoms with Gasteiger partial charge in [-0.3, -0.25) is 4.79 Å². The number of amides is 1. The molecule has 0 saturated carbocycles. The standard InChI is InChI=1S/C13H15N3O3/c1-9-8-12(19-16-9)13(17)15-10-2-4-11(5-3-10)18-7-6-14/h2-5,8H,6-7,14H2,1H3,(H,15,17). The fraction of sp³-hybridized carbons (Fsp3) is 0.231. The Bertz CT molecular complexity index is 549. The van der Waals surface area contributed by atoms with E-state index in [4.69, 9.17) is 15.0 Å². The summed E-state index contributed by atoms with van der Waals surface area (Å²) in [5, 5.41) is 6.36. The van der Waals surface area contributed by atoms with E-state index in [1.54, 1.807) is 37.3 Å². The average molecular weight is 261 g/mol. The molecule has 0 bridgehead atoms. The van der Waals surface area contributed by atoms with Crippen molar-refractivity contribution in [2.75, 3.05) is 18.5 Å². The highest BCUT2D eigenvalue weighted by Gasteiger charge is 2.11. The third-order valence-corrected chi connectivity index (χ3v) is 2.35. The van der Waals surface area contributed by atoms with Gasteiger partial charge in [0.05, 0.1) is 5.69 Å². The lowest BCUT2D eigenvalue weighted by atomic mass is 10.3. The molecule has 1 aromatic carbocycles. The summed E-state index contributed by atoms with van der Waals surface area (Å²) in [5.74, 6) is 0.552. The van der Waals surface area contributed by atoms with Crippen molar-refractivity contribution >= 4 is 11.6 Å². The molecule has 0 aliphatic rings. The number of carbonyl (C=O) groups is 1. The number of carbonyl (C=O) groups excluding carboxylic acids is 1. The van der Waals surface area contributed by atoms with Crippen LogP contribution in [0, 0.1) is 6.92 Å². The van der Waals surface area contributed by atoms with Gasteiger partial charge in [-0.1, -0.05) is 5.16 Å². The van der Waals surface area contributed by atoms with E-state index < -0.39 is 0 Å². The van der Waals surface area contributed by atoms with Gasteiger partial charge in [-0.05, 0) is 31.2 Å². The van der Waals surface area contributed by atoms with Crippen LogP contribution in [0.2, 0.25) is 0 Å². The Morgan fingerprint density at radius 1 is 1.42 bits per heavy atom. The van der Waals surface area contributed by atoms with Gasteiger partial charge in [-0.15, -0.1) is 0 Å². The molecule has 6 heteroatoms. The summed E-state index contributed by atoms with van der Waals surface area (Å²) >= 11 is 0. The quantitative estimate of drug-likeness (QED) is 0.852. The number of nitrogens with one attached hydrogen (secondary N) is 1. The highest BCUT2D eigenvalue weighted by atomic mass is 16.5. The molecule has 6 nitrogen and oxygen atoms in total. The first-order chi connectivity index (χ1) is 9.19. The van der Waals surface area contributed by atoms with Crippen LogP contribution in [0.25, 0.3) is 0 Å². The van der Waals surface area contributed by atoms with E-state index in [9.17, 15) is 4.79 Å². The molecule has 1 aromatic heterocycles. The van der Waals surface area contributed by atoms with Crippen molar-refractivity contribution in [3.8, 4) is 5.75 Å². The summed E-state index contributed by atoms with van der Waals surface area (Å²) < 4.78 is 10.2. The summed E-state index contributed by atoms with van der Waals surface area (Å²) in [4.78, 5) is 11.8. The molecule has 0 spiro atoms. The highest BCUT2D eigenvalue weighted by Crippen LogP contribution is 2.16. The van der Waals surface area contributed by atoms with E-state index >= 15 is 0 Å². The van der Waals surface area contributed by atoms with Crippen molar-refractivity contribution in [1.29, 1.82) is 0 Å². The van der Waals surface area contributed by atoms with E-state index in [-0.39, 0.29) is 11.7 Å². The lowest BCUT2D eigenvalue weighted by molar-refractivity contribution is 0.0988. The van der Waals surface area contributed by atoms with Crippen LogP contribution in [0.4, 0.5) is 5.69 Å². The Hall–Kier alpha value is -2.34. The molecule has 2 aromatic rings. The SMILES string of the molecule is Cc1cc(C(=O)Nc2ccc(OCCN)cc2)on1. The van der Waals surface area contributed by atoms with Crippen LogP contribution in [-0.4, -0.2) is 24.2 Å². The van der Waals surface area contributed by atoms with Crippen LogP contribution in [0.5, 0.6) is 5.75 Å². The van der Waals surface area contributed by atoms with Gasteiger partial charge in [-0.25, -0.2) is 0 Å². The zero-order valence-electron chi connectivity index (χ0n) is 10.6. The molecule has 19 heavy (non-hydrogen) atoms. The number of hydrogen-bond acceptors (Lipinski definition) is 5. The second-order valence-corrected chi connectivity index (χ2v) is 3.95. The molecule has 0 saturated heterocycles. The van der Waals surface area contributed by atoms with Crippen LogP contribution in [-0.2, 0) is 0 Å². The van der Waals surface area contributed by atoms with Gasteiger partial charge < -0.3 is 20.3 Å². The summed E-state index contributed by atoms with van der Waals surface area (Å²) in [7, 11) is 0. The summed E-state index contributed by atoms with van der Waals surface area (Å²) in [6.07, 6.45) is 0. The molecule has 0 aliphatic carbocycles. The van der Waals surface area contributed by atoms with Crippen LogP contribution in [0.15, 0.2) is 34.9 Å². The van der Waals surface area contributed by atoms with Gasteiger partial charge in [0.25, 0.3) is 5.91 Å². The van der Waals surface area contributed by atoms with Crippen LogP contribution >= 0.6 is 0 Å². The Morgan fingerprint density at radius 2 is 2.16 bits per heavy atom. The van der Waals surface area contributed by atoms with E-state index in [0.29, 0.717) is 30.3 Å². The third-order valence-electron chi connectivity index (χ3n) is 2.35. The number of aryl methyl sites for hydroxylation is 1. The zero-order chi connectivity index (χ0) is 13.7. The number of anilines is 1. The van der Waals surface area contributed by atoms with Gasteiger partial charge in [0, 0.05) is 18.3 Å². The number of benzene rings is 1. The van der Waals surface area contributed by atoms with Gasteiger partial charge in [0.15, 0.2) is 0 Å². The van der Waals surface area contributed by atoms with Crippen LogP contribution in [0.1, 0.15) is 16.2 Å². The second-order valence-electron chi connectivity index (χ2n) is 3.95. The number of nitrogens with zero attached hydrogens (tertiary/aromatic N) is 1. The topological polar surface area (TPSA) is 90.4 Å². The number of rotatable bonds is 5. The predicted octanol–water partition coefficient (Wildman–Crippen LogP) is 1.57. The number of aromatic nitrogens is 1. The first-order valence-corrected chi connectivity index (χ1v) is 5.86. The van der Waals surface area contributed by atoms with Crippen LogP contribution in [0.3, 0.4) is 0 Å². The maximum atomic E-state index is 11.8. The maximum Gasteiger partial charge on any atom is 0.294 e. The molecule has 0 radical (unpaired) electrons. The smallest absolute Gasteiger partial charge is 0.294 e. The highest BCUT2D eigenvalue weighted by molar-refractivity contribution is 6.02. The fourth-order valence-electron chi connectivity index (χ4n) is 1.47. The minimum Gasteiger partial charge on any atom is -0.492 e. The normalized spacial score (nSPS) is 10.2. The molecular weight excluding hydrogens is 246 g/mol. The number of nitrogens with two attached hydrogens (primary N) is 1. The molecule has 0 atom stereocenters. The Morgan fingerprint density at radius 3 is 2.74 bits per heavy atom. The van der Waals surface area contributed by atoms with Gasteiger partial charge in [0.1, 0.15) is 12.4 Å². The van der Waals surface area contributed by atoms with Crippen molar-refractivity contribution in [2.24, 2.45) is 5.73 Å². The average Bonchev–Trinajstić information content (AvgIpc) is 2.85. The minimum absolute atomic E-state index is 0.181. The van der Waals surface area contributed by atoms with E-state index in [1.165, 1.54) is 0 Å². The molecule has 100 valence electrons. The van der Waals surface area contributed by atoms with Gasteiger partial charge in [-0.2, -0.15) is 0 Å². The largest absolute Gasteiger partial charge is 0.492 e. The van der Waals surface area contributed by atoms with E-state index in [1.807, 2.05) is 0 Å². The van der Waals surface area contributed by atoms with Crippen molar-refractivity contribution in [3.63, 3.8) is 0 Å². The first-order valence-electron chi connectivity index (χ1n) is 5.86. The molecule has 3 N–H and O–H groups in total. The van der Waals surface area contributed by atoms with E-state index in [0.717, 1.165) is 0 Å². The summed E-state index contributed by atoms with van der Waals surface area (Å²) in [6, 6.07) is 8.59. The Labute approximate surface area is 110 Å². The molecule has 1 heterocycles. The monoisotopic (exact) mass is 261 g/mol. The zero-order valence-corrected chi connectivity index (χ0v) is 10.6. The second kappa shape index (κ2) is 6.01. The van der Waals surface area contributed by atoms with Crippen molar-refractivity contribution < 1.29 is 14.1 Å². The number of ether oxygens (including phenoxy) is 1. The molecule has 1 amide bonds. The lowest BCUT2D eigenvalue weighted by Gasteiger charge is -2.06. The molecule has 0 unspecified atom stereocenters. The first kappa shape index (κ1) is 13.1. The lowest BCUT2D eigenvalue weighted by Crippen LogP contribution is -2.11. The summed E-state index contributed by atoms with van der Waals surface area (Å²) in [5.41, 5.74) is 6.65. The van der Waals surface area contributed by atoms with Gasteiger partial charge >= 0.3 is 0 Å². The van der Waals surface area contributed by atoms with Crippen molar-refractivity contribution in [1.82, 2.24) is 5.16 Å². The molecule has 2 rings (SSSR count). The predicted molar refractivity (Wildman–Crippen MR) is 70.2 cm³/mol. The Balaban J connectivity index is 1.97. The fourth-order valence-corrected chi connectivity index (χ4v) is 1.47. The third kappa shape index (κ3) is 3.56. The van der Waals surface area contributed by atoms with Crippen molar-refractivity contribution in [2.45, 2.75) is 6.92 Å². The molecule has 0 aliphatic heterocycles. The molecule has 0 fully saturated rings. The Kier molecular flexibility index (Phi) is 4.15. The molecular formula is C13H15N3O3. The maximum absolute atomic E-state index is 11.8. The van der Waals surface area contributed by atoms with Crippen LogP contribution < -0.4 is 15.8 Å². The van der Waals surface area contributed by atoms with E-state index in [2.05, 4.69) is 10.5 Å².